The minimum Gasteiger partial charge on any atom is 0 e. The van der Waals surface area contributed by atoms with Crippen LogP contribution in [0, 0.1) is 0 Å². The van der Waals surface area contributed by atoms with E-state index in [1.54, 1.807) is 0 Å². The average molecular weight is 495 g/mol. The van der Waals surface area contributed by atoms with Crippen LogP contribution in [0.2, 0.25) is 0 Å². The fraction of sp³-hybridized carbons (Fsp3) is 0. The Kier molecular flexibility index (Phi) is 335. The van der Waals surface area contributed by atoms with Gasteiger partial charge in [0, 0.05) is 117 Å². The average Bonchev–Trinajstić information content (AvgIpc) is 0. The molecule has 0 heterocycles. The van der Waals surface area contributed by atoms with E-state index in [4.69, 9.17) is 0 Å². The smallest absolute Gasteiger partial charge is 0 e. The summed E-state index contributed by atoms with van der Waals surface area (Å²) < 4.78 is 0. The van der Waals surface area contributed by atoms with Crippen LogP contribution in [0.5, 0.6) is 0 Å². The summed E-state index contributed by atoms with van der Waals surface area (Å²) in [7, 11) is 0. The van der Waals surface area contributed by atoms with E-state index in [2.05, 4.69) is 0 Å². The molecule has 0 unspecified atom stereocenters. The minimum atomic E-state index is 0. The third kappa shape index (κ3) is 25.2. The maximum atomic E-state index is 0. The quantitative estimate of drug-likeness (QED) is 0.415. The van der Waals surface area contributed by atoms with Crippen molar-refractivity contribution in [1.82, 2.24) is 0 Å². The Morgan fingerprint density at radius 3 is 1.00 bits per heavy atom. The number of hydrogen-bond donors (Lipinski definition) is 0. The van der Waals surface area contributed by atoms with E-state index in [0.717, 1.165) is 0 Å². The minimum absolute atomic E-state index is 0. The van der Waals surface area contributed by atoms with E-state index in [0.29, 0.717) is 0 Å². The molecule has 0 rings (SSSR count). The van der Waals surface area contributed by atoms with Crippen LogP contribution in [0.25, 0.3) is 0 Å². The van der Waals surface area contributed by atoms with E-state index in [9.17, 15) is 0 Å². The van der Waals surface area contributed by atoms with Crippen LogP contribution >= 0.6 is 0 Å². The zero-order valence-electron chi connectivity index (χ0n) is 2.40. The molecule has 0 atom stereocenters. The molecule has 0 amide bonds. The SMILES string of the molecule is [Co].[Fe].[Nb].[Ni].[Ta].[Ti]. The van der Waals surface area contributed by atoms with Crippen molar-refractivity contribution in [2.75, 3.05) is 0 Å². The van der Waals surface area contributed by atoms with Crippen molar-refractivity contribution in [3.05, 3.63) is 0 Å². The van der Waals surface area contributed by atoms with Crippen molar-refractivity contribution in [2.45, 2.75) is 0 Å². The van der Waals surface area contributed by atoms with Crippen molar-refractivity contribution < 1.29 is 117 Å². The summed E-state index contributed by atoms with van der Waals surface area (Å²) in [4.78, 5) is 0. The molecule has 0 aliphatic rings. The summed E-state index contributed by atoms with van der Waals surface area (Å²) in [6.45, 7) is 0. The van der Waals surface area contributed by atoms with E-state index in [1.807, 2.05) is 0 Å². The van der Waals surface area contributed by atoms with Gasteiger partial charge in [0.05, 0.1) is 0 Å². The van der Waals surface area contributed by atoms with Gasteiger partial charge in [0.15, 0.2) is 0 Å². The summed E-state index contributed by atoms with van der Waals surface area (Å²) in [5, 5.41) is 0. The third-order valence-corrected chi connectivity index (χ3v) is 0. The molecule has 6 heavy (non-hydrogen) atoms. The van der Waals surface area contributed by atoms with Crippen LogP contribution in [0.15, 0.2) is 0 Å². The Balaban J connectivity index is 0. The third-order valence-electron chi connectivity index (χ3n) is 0. The summed E-state index contributed by atoms with van der Waals surface area (Å²) in [5.41, 5.74) is 0. The van der Waals surface area contributed by atoms with Gasteiger partial charge >= 0.3 is 0 Å². The Morgan fingerprint density at radius 2 is 1.00 bits per heavy atom. The van der Waals surface area contributed by atoms with E-state index < -0.39 is 0 Å². The first-order valence-electron chi connectivity index (χ1n) is 0. The predicted molar refractivity (Wildman–Crippen MR) is 0 cm³/mol. The summed E-state index contributed by atoms with van der Waals surface area (Å²) in [6, 6.07) is 0. The van der Waals surface area contributed by atoms with Crippen LogP contribution in [-0.2, 0) is 117 Å². The van der Waals surface area contributed by atoms with Gasteiger partial charge in [-0.1, -0.05) is 0 Å². The van der Waals surface area contributed by atoms with Crippen molar-refractivity contribution in [1.29, 1.82) is 0 Å². The van der Waals surface area contributed by atoms with Gasteiger partial charge in [-0.15, -0.1) is 0 Å². The molecular formula is CoFeNbNiTaTi. The first-order valence-corrected chi connectivity index (χ1v) is 0. The first-order chi connectivity index (χ1) is 0. The van der Waals surface area contributed by atoms with Gasteiger partial charge in [-0.3, -0.25) is 0 Å². The predicted octanol–water partition coefficient (Wildman–Crippen LogP) is -0.0150. The van der Waals surface area contributed by atoms with E-state index in [1.165, 1.54) is 0 Å². The van der Waals surface area contributed by atoms with Gasteiger partial charge in [0.1, 0.15) is 0 Å². The zero-order chi connectivity index (χ0) is 0. The van der Waals surface area contributed by atoms with Gasteiger partial charge in [0.2, 0.25) is 0 Å². The molecule has 0 aliphatic heterocycles. The normalized spacial score (nSPS) is 0. The molecule has 41 valence electrons. The van der Waals surface area contributed by atoms with Gasteiger partial charge in [0.25, 0.3) is 0 Å². The number of rotatable bonds is 0. The zero-order valence-corrected chi connectivity index (χ0v) is 12.5. The molecule has 0 N–H and O–H groups in total. The monoisotopic (exact) mass is 495 g/mol. The topological polar surface area (TPSA) is 0 Å². The summed E-state index contributed by atoms with van der Waals surface area (Å²) in [6.07, 6.45) is 0. The molecule has 0 aromatic carbocycles. The van der Waals surface area contributed by atoms with Crippen LogP contribution in [0.4, 0.5) is 0 Å². The van der Waals surface area contributed by atoms with Gasteiger partial charge in [-0.25, -0.2) is 0 Å². The second-order valence-corrected chi connectivity index (χ2v) is 0. The van der Waals surface area contributed by atoms with E-state index >= 15 is 0 Å². The molecule has 0 aromatic heterocycles. The van der Waals surface area contributed by atoms with Crippen LogP contribution in [0.3, 0.4) is 0 Å². The molecular weight excluding hydrogens is 495 g/mol. The van der Waals surface area contributed by atoms with Crippen LogP contribution in [0.1, 0.15) is 0 Å². The fourth-order valence-corrected chi connectivity index (χ4v) is 0. The molecule has 0 bridgehead atoms. The molecule has 0 saturated carbocycles. The maximum Gasteiger partial charge on any atom is 0 e. The number of hydrogen-bond acceptors (Lipinski definition) is 0. The van der Waals surface area contributed by atoms with Gasteiger partial charge in [-0.2, -0.15) is 0 Å². The molecule has 0 nitrogen and oxygen atoms in total. The summed E-state index contributed by atoms with van der Waals surface area (Å²) in [5.74, 6) is 0. The second-order valence-electron chi connectivity index (χ2n) is 0. The Bertz CT molecular complexity index is 15.5. The Hall–Kier alpha value is 3.71. The fourth-order valence-electron chi connectivity index (χ4n) is 0. The molecule has 6 heteroatoms. The van der Waals surface area contributed by atoms with Crippen molar-refractivity contribution >= 4 is 0 Å². The van der Waals surface area contributed by atoms with Crippen molar-refractivity contribution in [2.24, 2.45) is 0 Å². The van der Waals surface area contributed by atoms with E-state index in [-0.39, 0.29) is 117 Å². The summed E-state index contributed by atoms with van der Waals surface area (Å²) >= 11 is 0. The largest absolute Gasteiger partial charge is 0 e. The van der Waals surface area contributed by atoms with Crippen LogP contribution in [-0.4, -0.2) is 0 Å². The molecule has 0 aliphatic carbocycles. The standard InChI is InChI=1S/Co.Fe.Nb.Ni.Ta.Ti. The molecule has 0 saturated heterocycles. The molecule has 0 fully saturated rings. The second kappa shape index (κ2) is 37.6. The van der Waals surface area contributed by atoms with Crippen molar-refractivity contribution in [3.8, 4) is 0 Å². The van der Waals surface area contributed by atoms with Gasteiger partial charge < -0.3 is 0 Å². The van der Waals surface area contributed by atoms with Gasteiger partial charge in [-0.05, 0) is 0 Å². The van der Waals surface area contributed by atoms with Crippen LogP contribution < -0.4 is 0 Å². The maximum absolute atomic E-state index is 0. The molecule has 0 aromatic rings. The van der Waals surface area contributed by atoms with Crippen molar-refractivity contribution in [3.63, 3.8) is 0 Å². The Labute approximate surface area is 115 Å². The molecule has 3 radical (unpaired) electrons. The Morgan fingerprint density at radius 1 is 1.00 bits per heavy atom. The molecule has 0 spiro atoms. The first kappa shape index (κ1) is 53.5.